The van der Waals surface area contributed by atoms with Crippen molar-refractivity contribution in [2.75, 3.05) is 0 Å². The molecular formula is C21H19ClF3N3O2. The molecule has 1 amide bonds. The smallest absolute Gasteiger partial charge is 0.340 e. The average molecular weight is 438 g/mol. The van der Waals surface area contributed by atoms with Crippen molar-refractivity contribution < 1.29 is 22.5 Å². The average Bonchev–Trinajstić information content (AvgIpc) is 3.21. The van der Waals surface area contributed by atoms with Gasteiger partial charge in [0.2, 0.25) is 11.7 Å². The topological polar surface area (TPSA) is 68.0 Å². The van der Waals surface area contributed by atoms with Gasteiger partial charge in [0.15, 0.2) is 0 Å². The van der Waals surface area contributed by atoms with E-state index in [0.717, 1.165) is 24.3 Å². The Balaban J connectivity index is 1.81. The van der Waals surface area contributed by atoms with Crippen LogP contribution in [0.5, 0.6) is 0 Å². The first-order valence-corrected chi connectivity index (χ1v) is 9.64. The number of hydrogen-bond donors (Lipinski definition) is 1. The number of carbonyl (C=O) groups excluding carboxylic acids is 1. The van der Waals surface area contributed by atoms with Gasteiger partial charge in [0.05, 0.1) is 5.56 Å². The van der Waals surface area contributed by atoms with Gasteiger partial charge in [-0.05, 0) is 54.4 Å². The molecule has 0 saturated carbocycles. The summed E-state index contributed by atoms with van der Waals surface area (Å²) in [6.07, 6.45) is -3.76. The Kier molecular flexibility index (Phi) is 6.45. The summed E-state index contributed by atoms with van der Waals surface area (Å²) in [5, 5.41) is 7.33. The highest BCUT2D eigenvalue weighted by molar-refractivity contribution is 6.30. The van der Waals surface area contributed by atoms with Gasteiger partial charge < -0.3 is 9.84 Å². The number of hydrogen-bond acceptors (Lipinski definition) is 4. The maximum atomic E-state index is 12.7. The number of carbonyl (C=O) groups is 1. The highest BCUT2D eigenvalue weighted by Crippen LogP contribution is 2.30. The van der Waals surface area contributed by atoms with Crippen LogP contribution in [0.3, 0.4) is 0 Å². The maximum Gasteiger partial charge on any atom is 0.416 e. The highest BCUT2D eigenvalue weighted by Gasteiger charge is 2.31. The summed E-state index contributed by atoms with van der Waals surface area (Å²) in [5.41, 5.74) is -0.0119. The van der Waals surface area contributed by atoms with E-state index in [1.165, 1.54) is 0 Å². The van der Waals surface area contributed by atoms with E-state index in [2.05, 4.69) is 15.5 Å². The SMILES string of the molecule is CC[C@@H](C)[C@H](NC(=O)c1ccc(C(F)(F)F)cc1)c1nc(-c2ccc(Cl)cc2)no1. The first-order valence-electron chi connectivity index (χ1n) is 9.26. The third kappa shape index (κ3) is 4.99. The second kappa shape index (κ2) is 8.87. The Morgan fingerprint density at radius 2 is 1.77 bits per heavy atom. The van der Waals surface area contributed by atoms with Crippen molar-refractivity contribution in [3.05, 3.63) is 70.6 Å². The monoisotopic (exact) mass is 437 g/mol. The summed E-state index contributed by atoms with van der Waals surface area (Å²) in [7, 11) is 0. The third-order valence-corrected chi connectivity index (χ3v) is 5.04. The van der Waals surface area contributed by atoms with E-state index in [1.807, 2.05) is 13.8 Å². The van der Waals surface area contributed by atoms with Gasteiger partial charge in [0, 0.05) is 16.1 Å². The van der Waals surface area contributed by atoms with E-state index >= 15 is 0 Å². The van der Waals surface area contributed by atoms with Gasteiger partial charge in [-0.25, -0.2) is 0 Å². The van der Waals surface area contributed by atoms with Crippen LogP contribution in [0.15, 0.2) is 53.1 Å². The van der Waals surface area contributed by atoms with E-state index in [-0.39, 0.29) is 17.4 Å². The first kappa shape index (κ1) is 21.8. The molecule has 0 radical (unpaired) electrons. The molecule has 1 heterocycles. The molecule has 5 nitrogen and oxygen atoms in total. The van der Waals surface area contributed by atoms with Crippen molar-refractivity contribution in [3.8, 4) is 11.4 Å². The predicted molar refractivity (Wildman–Crippen MR) is 106 cm³/mol. The zero-order valence-electron chi connectivity index (χ0n) is 16.2. The molecule has 1 N–H and O–H groups in total. The predicted octanol–water partition coefficient (Wildman–Crippen LogP) is 5.93. The second-order valence-electron chi connectivity index (χ2n) is 6.87. The molecule has 1 aromatic heterocycles. The van der Waals surface area contributed by atoms with Gasteiger partial charge in [-0.1, -0.05) is 37.0 Å². The van der Waals surface area contributed by atoms with Gasteiger partial charge in [-0.15, -0.1) is 0 Å². The van der Waals surface area contributed by atoms with Gasteiger partial charge in [-0.2, -0.15) is 18.2 Å². The molecule has 0 fully saturated rings. The number of amides is 1. The number of halogens is 4. The fraction of sp³-hybridized carbons (Fsp3) is 0.286. The van der Waals surface area contributed by atoms with Crippen molar-refractivity contribution in [2.45, 2.75) is 32.5 Å². The minimum atomic E-state index is -4.46. The van der Waals surface area contributed by atoms with Gasteiger partial charge in [0.25, 0.3) is 5.91 Å². The van der Waals surface area contributed by atoms with Crippen LogP contribution in [0.4, 0.5) is 13.2 Å². The minimum absolute atomic E-state index is 0.0538. The van der Waals surface area contributed by atoms with Crippen molar-refractivity contribution in [1.29, 1.82) is 0 Å². The van der Waals surface area contributed by atoms with Gasteiger partial charge in [-0.3, -0.25) is 4.79 Å². The number of aromatic nitrogens is 2. The van der Waals surface area contributed by atoms with Crippen LogP contribution in [0.1, 0.15) is 48.1 Å². The lowest BCUT2D eigenvalue weighted by Gasteiger charge is -2.21. The lowest BCUT2D eigenvalue weighted by Crippen LogP contribution is -2.32. The van der Waals surface area contributed by atoms with Crippen molar-refractivity contribution in [1.82, 2.24) is 15.5 Å². The molecule has 0 aliphatic carbocycles. The van der Waals surface area contributed by atoms with Crippen LogP contribution in [0, 0.1) is 5.92 Å². The molecule has 158 valence electrons. The quantitative estimate of drug-likeness (QED) is 0.519. The second-order valence-corrected chi connectivity index (χ2v) is 7.31. The van der Waals surface area contributed by atoms with E-state index in [4.69, 9.17) is 16.1 Å². The molecule has 0 spiro atoms. The molecule has 30 heavy (non-hydrogen) atoms. The Hall–Kier alpha value is -2.87. The summed E-state index contributed by atoms with van der Waals surface area (Å²) >= 11 is 5.89. The van der Waals surface area contributed by atoms with Crippen molar-refractivity contribution in [2.24, 2.45) is 5.92 Å². The third-order valence-electron chi connectivity index (χ3n) is 4.78. The minimum Gasteiger partial charge on any atom is -0.340 e. The molecule has 0 aliphatic heterocycles. The molecule has 9 heteroatoms. The zero-order valence-corrected chi connectivity index (χ0v) is 17.0. The Labute approximate surface area is 176 Å². The molecule has 0 bridgehead atoms. The van der Waals surface area contributed by atoms with E-state index in [0.29, 0.717) is 22.8 Å². The molecule has 0 saturated heterocycles. The van der Waals surface area contributed by atoms with Gasteiger partial charge >= 0.3 is 6.18 Å². The van der Waals surface area contributed by atoms with Crippen molar-refractivity contribution >= 4 is 17.5 Å². The number of nitrogens with one attached hydrogen (secondary N) is 1. The number of nitrogens with zero attached hydrogens (tertiary/aromatic N) is 2. The van der Waals surface area contributed by atoms with Crippen LogP contribution in [0.2, 0.25) is 5.02 Å². The normalized spacial score (nSPS) is 13.7. The zero-order chi connectivity index (χ0) is 21.9. The van der Waals surface area contributed by atoms with Crippen molar-refractivity contribution in [3.63, 3.8) is 0 Å². The number of rotatable bonds is 6. The van der Waals surface area contributed by atoms with Gasteiger partial charge in [0.1, 0.15) is 6.04 Å². The Morgan fingerprint density at radius 1 is 1.13 bits per heavy atom. The molecule has 3 aromatic rings. The fourth-order valence-electron chi connectivity index (χ4n) is 2.80. The molecular weight excluding hydrogens is 419 g/mol. The summed E-state index contributed by atoms with van der Waals surface area (Å²) in [4.78, 5) is 17.0. The standard InChI is InChI=1S/C21H19ClF3N3O2/c1-3-12(2)17(20-27-18(28-30-20)13-6-10-16(22)11-7-13)26-19(29)14-4-8-15(9-5-14)21(23,24)25/h4-12,17H,3H2,1-2H3,(H,26,29)/t12-,17+/m1/s1. The Bertz CT molecular complexity index is 1000. The molecule has 3 rings (SSSR count). The fourth-order valence-corrected chi connectivity index (χ4v) is 2.92. The summed E-state index contributed by atoms with van der Waals surface area (Å²) in [6, 6.07) is 10.3. The van der Waals surface area contributed by atoms with Crippen LogP contribution >= 0.6 is 11.6 Å². The summed E-state index contributed by atoms with van der Waals surface area (Å²) in [5.74, 6) is -0.0181. The number of alkyl halides is 3. The summed E-state index contributed by atoms with van der Waals surface area (Å²) < 4.78 is 43.6. The highest BCUT2D eigenvalue weighted by atomic mass is 35.5. The lowest BCUT2D eigenvalue weighted by molar-refractivity contribution is -0.137. The molecule has 2 aromatic carbocycles. The van der Waals surface area contributed by atoms with Crippen LogP contribution in [-0.2, 0) is 6.18 Å². The molecule has 0 unspecified atom stereocenters. The van der Waals surface area contributed by atoms with Crippen LogP contribution in [0.25, 0.3) is 11.4 Å². The largest absolute Gasteiger partial charge is 0.416 e. The molecule has 2 atom stereocenters. The van der Waals surface area contributed by atoms with Crippen LogP contribution < -0.4 is 5.32 Å². The molecule has 0 aliphatic rings. The van der Waals surface area contributed by atoms with Crippen LogP contribution in [-0.4, -0.2) is 16.0 Å². The first-order chi connectivity index (χ1) is 14.2. The van der Waals surface area contributed by atoms with E-state index in [9.17, 15) is 18.0 Å². The van der Waals surface area contributed by atoms with E-state index in [1.54, 1.807) is 24.3 Å². The maximum absolute atomic E-state index is 12.7. The lowest BCUT2D eigenvalue weighted by atomic mass is 9.98. The number of benzene rings is 2. The van der Waals surface area contributed by atoms with E-state index < -0.39 is 23.7 Å². The summed E-state index contributed by atoms with van der Waals surface area (Å²) in [6.45, 7) is 3.85. The Morgan fingerprint density at radius 3 is 2.33 bits per heavy atom.